The third-order valence-electron chi connectivity index (χ3n) is 8.72. The van der Waals surface area contributed by atoms with Crippen LogP contribution in [-0.2, 0) is 0 Å². The molecule has 0 fully saturated rings. The Labute approximate surface area is 213 Å². The van der Waals surface area contributed by atoms with Crippen LogP contribution in [-0.4, -0.2) is 13.3 Å². The molecule has 2 unspecified atom stereocenters. The van der Waals surface area contributed by atoms with Crippen molar-refractivity contribution in [2.75, 3.05) is 0 Å². The second-order valence-electron chi connectivity index (χ2n) is 10.9. The molecule has 2 aromatic heterocycles. The predicted octanol–water partition coefficient (Wildman–Crippen LogP) is 9.16. The topological polar surface area (TPSA) is 26.3 Å². The molecule has 1 aliphatic heterocycles. The van der Waals surface area contributed by atoms with Gasteiger partial charge in [-0.1, -0.05) is 0 Å². The molecule has 4 aromatic rings. The number of rotatable bonds is 12. The molecule has 0 bridgehead atoms. The van der Waals surface area contributed by atoms with Crippen LogP contribution in [0, 0.1) is 11.8 Å². The Hall–Kier alpha value is -1.94. The molecule has 2 atom stereocenters. The summed E-state index contributed by atoms with van der Waals surface area (Å²) in [7, 11) is 0. The van der Waals surface area contributed by atoms with E-state index in [1.165, 1.54) is 72.6 Å². The zero-order valence-electron chi connectivity index (χ0n) is 22.2. The molecular formula is C32H42GeO2. The van der Waals surface area contributed by atoms with Gasteiger partial charge in [-0.25, -0.2) is 0 Å². The second kappa shape index (κ2) is 10.6. The van der Waals surface area contributed by atoms with E-state index in [1.807, 2.05) is 0 Å². The van der Waals surface area contributed by atoms with E-state index < -0.39 is 13.3 Å². The van der Waals surface area contributed by atoms with Crippen LogP contribution < -0.4 is 8.79 Å². The number of unbranched alkanes of at least 4 members (excludes halogenated alkanes) is 2. The Bertz CT molecular complexity index is 1180. The molecule has 0 aliphatic carbocycles. The van der Waals surface area contributed by atoms with Gasteiger partial charge in [0.2, 0.25) is 0 Å². The Kier molecular flexibility index (Phi) is 7.48. The SMILES string of the molecule is CCCCC(CC)[CH2][Ge]1([CH2]C(CC)CCCC)[c]2c(oc3ccccc23)-c2oc3ccccc3[c]21. The Morgan fingerprint density at radius 2 is 1.06 bits per heavy atom. The van der Waals surface area contributed by atoms with E-state index in [4.69, 9.17) is 8.83 Å². The van der Waals surface area contributed by atoms with Crippen molar-refractivity contribution in [1.82, 2.24) is 0 Å². The van der Waals surface area contributed by atoms with Crippen molar-refractivity contribution in [1.29, 1.82) is 0 Å². The number of hydrogen-bond donors (Lipinski definition) is 0. The zero-order valence-corrected chi connectivity index (χ0v) is 24.3. The molecule has 0 saturated heterocycles. The van der Waals surface area contributed by atoms with Gasteiger partial charge in [0.25, 0.3) is 0 Å². The molecule has 5 rings (SSSR count). The zero-order chi connectivity index (χ0) is 24.4. The summed E-state index contributed by atoms with van der Waals surface area (Å²) in [6.07, 6.45) is 10.5. The Morgan fingerprint density at radius 1 is 0.629 bits per heavy atom. The number of fused-ring (bicyclic) bond motifs is 7. The molecule has 0 saturated carbocycles. The monoisotopic (exact) mass is 532 g/mol. The van der Waals surface area contributed by atoms with Crippen LogP contribution >= 0.6 is 0 Å². The molecule has 2 nitrogen and oxygen atoms in total. The summed E-state index contributed by atoms with van der Waals surface area (Å²) in [6.45, 7) is 9.51. The number of para-hydroxylation sites is 2. The van der Waals surface area contributed by atoms with E-state index in [-0.39, 0.29) is 0 Å². The second-order valence-corrected chi connectivity index (χ2v) is 19.3. The van der Waals surface area contributed by atoms with Gasteiger partial charge in [-0.05, 0) is 0 Å². The molecule has 3 heteroatoms. The first-order valence-corrected chi connectivity index (χ1v) is 19.3. The van der Waals surface area contributed by atoms with Crippen LogP contribution in [0.15, 0.2) is 57.4 Å². The van der Waals surface area contributed by atoms with Crippen LogP contribution in [0.3, 0.4) is 0 Å². The first kappa shape index (κ1) is 24.7. The molecular weight excluding hydrogens is 489 g/mol. The van der Waals surface area contributed by atoms with E-state index in [1.54, 1.807) is 8.79 Å². The van der Waals surface area contributed by atoms with Gasteiger partial charge in [0.15, 0.2) is 0 Å². The minimum atomic E-state index is -2.89. The molecule has 0 radical (unpaired) electrons. The van der Waals surface area contributed by atoms with Crippen molar-refractivity contribution < 1.29 is 8.83 Å². The fraction of sp³-hybridized carbons (Fsp3) is 0.500. The fourth-order valence-electron chi connectivity index (χ4n) is 6.85. The van der Waals surface area contributed by atoms with E-state index in [0.717, 1.165) is 34.5 Å². The maximum atomic E-state index is 6.67. The van der Waals surface area contributed by atoms with E-state index in [2.05, 4.69) is 76.2 Å². The van der Waals surface area contributed by atoms with E-state index in [9.17, 15) is 0 Å². The van der Waals surface area contributed by atoms with Gasteiger partial charge in [0.05, 0.1) is 0 Å². The molecule has 1 aliphatic rings. The molecule has 0 N–H and O–H groups in total. The quantitative estimate of drug-likeness (QED) is 0.171. The van der Waals surface area contributed by atoms with Crippen molar-refractivity contribution in [2.45, 2.75) is 89.6 Å². The van der Waals surface area contributed by atoms with Gasteiger partial charge in [-0.15, -0.1) is 0 Å². The molecule has 3 heterocycles. The molecule has 0 spiro atoms. The summed E-state index contributed by atoms with van der Waals surface area (Å²) < 4.78 is 16.5. The van der Waals surface area contributed by atoms with Gasteiger partial charge in [-0.3, -0.25) is 0 Å². The number of furan rings is 2. The van der Waals surface area contributed by atoms with Crippen molar-refractivity contribution in [3.63, 3.8) is 0 Å². The van der Waals surface area contributed by atoms with E-state index >= 15 is 0 Å². The van der Waals surface area contributed by atoms with Gasteiger partial charge >= 0.3 is 214 Å². The fourth-order valence-corrected chi connectivity index (χ4v) is 21.2. The Morgan fingerprint density at radius 3 is 1.46 bits per heavy atom. The predicted molar refractivity (Wildman–Crippen MR) is 153 cm³/mol. The summed E-state index contributed by atoms with van der Waals surface area (Å²) in [6, 6.07) is 17.6. The minimum absolute atomic E-state index is 0.778. The maximum absolute atomic E-state index is 6.67. The number of benzene rings is 2. The summed E-state index contributed by atoms with van der Waals surface area (Å²) >= 11 is -2.89. The molecule has 186 valence electrons. The van der Waals surface area contributed by atoms with Crippen molar-refractivity contribution in [2.24, 2.45) is 11.8 Å². The summed E-state index contributed by atoms with van der Waals surface area (Å²) in [4.78, 5) is 0. The van der Waals surface area contributed by atoms with Crippen LogP contribution in [0.2, 0.25) is 10.5 Å². The summed E-state index contributed by atoms with van der Waals surface area (Å²) in [5, 5.41) is 5.47. The Balaban J connectivity index is 1.77. The average molecular weight is 531 g/mol. The van der Waals surface area contributed by atoms with Gasteiger partial charge in [-0.2, -0.15) is 0 Å². The first-order valence-electron chi connectivity index (χ1n) is 14.2. The van der Waals surface area contributed by atoms with Gasteiger partial charge in [0, 0.05) is 0 Å². The van der Waals surface area contributed by atoms with Crippen LogP contribution in [0.5, 0.6) is 0 Å². The van der Waals surface area contributed by atoms with Crippen LogP contribution in [0.1, 0.15) is 79.1 Å². The van der Waals surface area contributed by atoms with Crippen molar-refractivity contribution >= 4 is 44.0 Å². The first-order chi connectivity index (χ1) is 17.2. The van der Waals surface area contributed by atoms with Gasteiger partial charge in [0.1, 0.15) is 0 Å². The number of hydrogen-bond acceptors (Lipinski definition) is 2. The molecule has 0 amide bonds. The third kappa shape index (κ3) is 4.30. The van der Waals surface area contributed by atoms with Crippen LogP contribution in [0.4, 0.5) is 0 Å². The van der Waals surface area contributed by atoms with Crippen molar-refractivity contribution in [3.8, 4) is 11.5 Å². The third-order valence-corrected chi connectivity index (χ3v) is 20.2. The summed E-state index contributed by atoms with van der Waals surface area (Å²) in [5.74, 6) is 3.71. The standard InChI is InChI=1S/C32H42GeO2/c1-5-9-15-23(7-3)21-33(22-24(8-4)16-10-6-2)29-25-17-11-13-19-27(25)34-31(29)32-30(33)26-18-12-14-20-28(26)35-32/h11-14,17-20,23-24H,5-10,15-16,21-22H2,1-4H3. The average Bonchev–Trinajstić information content (AvgIpc) is 3.53. The van der Waals surface area contributed by atoms with Crippen LogP contribution in [0.25, 0.3) is 33.5 Å². The normalized spacial score (nSPS) is 16.0. The van der Waals surface area contributed by atoms with Crippen molar-refractivity contribution in [3.05, 3.63) is 48.5 Å². The molecule has 2 aromatic carbocycles. The van der Waals surface area contributed by atoms with Gasteiger partial charge < -0.3 is 0 Å². The summed E-state index contributed by atoms with van der Waals surface area (Å²) in [5.41, 5.74) is 2.09. The van der Waals surface area contributed by atoms with E-state index in [0.29, 0.717) is 0 Å². The molecule has 35 heavy (non-hydrogen) atoms.